The van der Waals surface area contributed by atoms with Crippen molar-refractivity contribution in [3.63, 3.8) is 0 Å². The second kappa shape index (κ2) is 6.34. The van der Waals surface area contributed by atoms with Gasteiger partial charge in [-0.05, 0) is 36.6 Å². The van der Waals surface area contributed by atoms with Crippen LogP contribution in [0.1, 0.15) is 6.92 Å². The lowest BCUT2D eigenvalue weighted by molar-refractivity contribution is 0.240. The van der Waals surface area contributed by atoms with Gasteiger partial charge in [0.05, 0.1) is 10.6 Å². The molecule has 4 nitrogen and oxygen atoms in total. The summed E-state index contributed by atoms with van der Waals surface area (Å²) in [4.78, 5) is 13.3. The molecular weight excluding hydrogens is 318 g/mol. The van der Waals surface area contributed by atoms with E-state index in [1.54, 1.807) is 23.5 Å². The fourth-order valence-electron chi connectivity index (χ4n) is 2.13. The quantitative estimate of drug-likeness (QED) is 0.767. The Hall–Kier alpha value is -2.11. The molecule has 0 bridgehead atoms. The number of carbonyl (C=O) groups is 1. The first-order valence-corrected chi connectivity index (χ1v) is 8.13. The van der Waals surface area contributed by atoms with Gasteiger partial charge >= 0.3 is 6.03 Å². The predicted octanol–water partition coefficient (Wildman–Crippen LogP) is 4.51. The van der Waals surface area contributed by atoms with E-state index in [0.29, 0.717) is 11.6 Å². The van der Waals surface area contributed by atoms with Gasteiger partial charge < -0.3 is 5.32 Å². The van der Waals surface area contributed by atoms with E-state index in [1.165, 1.54) is 4.68 Å². The smallest absolute Gasteiger partial charge is 0.336 e. The summed E-state index contributed by atoms with van der Waals surface area (Å²) in [5.41, 5.74) is 2.42. The Morgan fingerprint density at radius 3 is 2.73 bits per heavy atom. The van der Waals surface area contributed by atoms with Crippen LogP contribution >= 0.6 is 22.9 Å². The number of carbonyl (C=O) groups excluding carboxylic acids is 1. The van der Waals surface area contributed by atoms with Crippen LogP contribution in [0.15, 0.2) is 47.8 Å². The summed E-state index contributed by atoms with van der Waals surface area (Å²) >= 11 is 7.53. The number of hydrogen-bond acceptors (Lipinski definition) is 3. The number of aromatic nitrogens is 2. The minimum Gasteiger partial charge on any atom is -0.336 e. The average Bonchev–Trinajstić information content (AvgIpc) is 3.17. The number of rotatable bonds is 3. The van der Waals surface area contributed by atoms with E-state index in [9.17, 15) is 4.79 Å². The Kier molecular flexibility index (Phi) is 4.27. The molecule has 0 aliphatic carbocycles. The van der Waals surface area contributed by atoms with Crippen LogP contribution in [0.2, 0.25) is 5.02 Å². The lowest BCUT2D eigenvalue weighted by Gasteiger charge is -2.06. The van der Waals surface area contributed by atoms with Crippen molar-refractivity contribution < 1.29 is 4.79 Å². The number of hydrogen-bond donors (Lipinski definition) is 1. The van der Waals surface area contributed by atoms with Crippen LogP contribution in [-0.4, -0.2) is 22.4 Å². The molecule has 1 amide bonds. The van der Waals surface area contributed by atoms with Gasteiger partial charge in [0.2, 0.25) is 0 Å². The number of thiophene rings is 1. The lowest BCUT2D eigenvalue weighted by Crippen LogP contribution is -2.29. The van der Waals surface area contributed by atoms with E-state index in [0.717, 1.165) is 21.8 Å². The van der Waals surface area contributed by atoms with E-state index < -0.39 is 0 Å². The Morgan fingerprint density at radius 2 is 2.09 bits per heavy atom. The van der Waals surface area contributed by atoms with Crippen LogP contribution in [-0.2, 0) is 0 Å². The molecule has 3 rings (SSSR count). The number of amides is 1. The van der Waals surface area contributed by atoms with Crippen LogP contribution in [0.4, 0.5) is 4.79 Å². The molecule has 0 fully saturated rings. The molecule has 0 unspecified atom stereocenters. The van der Waals surface area contributed by atoms with E-state index in [4.69, 9.17) is 11.6 Å². The molecule has 0 aliphatic heterocycles. The van der Waals surface area contributed by atoms with E-state index in [2.05, 4.69) is 10.4 Å². The topological polar surface area (TPSA) is 46.9 Å². The van der Waals surface area contributed by atoms with Gasteiger partial charge in [0.1, 0.15) is 5.69 Å². The largest absolute Gasteiger partial charge is 0.342 e. The molecule has 22 heavy (non-hydrogen) atoms. The van der Waals surface area contributed by atoms with Crippen molar-refractivity contribution >= 4 is 29.0 Å². The Morgan fingerprint density at radius 1 is 1.32 bits per heavy atom. The van der Waals surface area contributed by atoms with E-state index in [-0.39, 0.29) is 6.03 Å². The molecule has 3 aromatic rings. The summed E-state index contributed by atoms with van der Waals surface area (Å²) in [6.45, 7) is 2.43. The van der Waals surface area contributed by atoms with Gasteiger partial charge in [0.15, 0.2) is 0 Å². The summed E-state index contributed by atoms with van der Waals surface area (Å²) in [5, 5.41) is 9.88. The first-order valence-electron chi connectivity index (χ1n) is 6.87. The third-order valence-corrected chi connectivity index (χ3v) is 4.29. The highest BCUT2D eigenvalue weighted by atomic mass is 35.5. The molecule has 0 saturated heterocycles. The maximum Gasteiger partial charge on any atom is 0.342 e. The lowest BCUT2D eigenvalue weighted by atomic mass is 10.1. The second-order valence-electron chi connectivity index (χ2n) is 4.65. The van der Waals surface area contributed by atoms with Crippen molar-refractivity contribution in [2.45, 2.75) is 6.92 Å². The summed E-state index contributed by atoms with van der Waals surface area (Å²) < 4.78 is 1.40. The third kappa shape index (κ3) is 2.91. The van der Waals surface area contributed by atoms with Gasteiger partial charge in [-0.15, -0.1) is 11.3 Å². The standard InChI is InChI=1S/C16H14ClN3OS/c1-2-18-16(21)20-14(11-5-7-12(17)8-6-11)10-13(19-20)15-4-3-9-22-15/h3-10H,2H2,1H3,(H,18,21). The van der Waals surface area contributed by atoms with Crippen molar-refractivity contribution in [1.82, 2.24) is 15.1 Å². The normalized spacial score (nSPS) is 10.6. The molecule has 1 N–H and O–H groups in total. The van der Waals surface area contributed by atoms with Crippen molar-refractivity contribution in [2.24, 2.45) is 0 Å². The number of halogens is 1. The number of nitrogens with zero attached hydrogens (tertiary/aromatic N) is 2. The van der Waals surface area contributed by atoms with Crippen LogP contribution in [0.25, 0.3) is 21.8 Å². The summed E-state index contributed by atoms with van der Waals surface area (Å²) in [6.07, 6.45) is 0. The Balaban J connectivity index is 2.10. The first kappa shape index (κ1) is 14.8. The molecule has 6 heteroatoms. The zero-order chi connectivity index (χ0) is 15.5. The average molecular weight is 332 g/mol. The summed E-state index contributed by atoms with van der Waals surface area (Å²) in [7, 11) is 0. The zero-order valence-corrected chi connectivity index (χ0v) is 13.5. The molecule has 0 atom stereocenters. The zero-order valence-electron chi connectivity index (χ0n) is 11.9. The molecule has 2 heterocycles. The fraction of sp³-hybridized carbons (Fsp3) is 0.125. The number of nitrogens with one attached hydrogen (secondary N) is 1. The van der Waals surface area contributed by atoms with Gasteiger partial charge in [-0.2, -0.15) is 9.78 Å². The molecule has 0 radical (unpaired) electrons. The highest BCUT2D eigenvalue weighted by molar-refractivity contribution is 7.13. The Bertz CT molecular complexity index is 778. The SMILES string of the molecule is CCNC(=O)n1nc(-c2cccs2)cc1-c1ccc(Cl)cc1. The fourth-order valence-corrected chi connectivity index (χ4v) is 2.94. The molecule has 2 aromatic heterocycles. The van der Waals surface area contributed by atoms with Crippen LogP contribution in [0, 0.1) is 0 Å². The molecular formula is C16H14ClN3OS. The molecule has 0 aliphatic rings. The highest BCUT2D eigenvalue weighted by Crippen LogP contribution is 2.29. The molecule has 1 aromatic carbocycles. The van der Waals surface area contributed by atoms with Gasteiger partial charge in [-0.25, -0.2) is 4.79 Å². The van der Waals surface area contributed by atoms with E-state index >= 15 is 0 Å². The van der Waals surface area contributed by atoms with Crippen molar-refractivity contribution in [3.8, 4) is 21.8 Å². The molecule has 0 spiro atoms. The maximum absolute atomic E-state index is 12.3. The number of benzene rings is 1. The van der Waals surface area contributed by atoms with Crippen molar-refractivity contribution in [1.29, 1.82) is 0 Å². The highest BCUT2D eigenvalue weighted by Gasteiger charge is 2.16. The third-order valence-electron chi connectivity index (χ3n) is 3.14. The Labute approximate surface area is 137 Å². The summed E-state index contributed by atoms with van der Waals surface area (Å²) in [6, 6.07) is 13.0. The first-order chi connectivity index (χ1) is 10.7. The maximum atomic E-state index is 12.3. The van der Waals surface area contributed by atoms with Crippen molar-refractivity contribution in [3.05, 3.63) is 52.9 Å². The van der Waals surface area contributed by atoms with Gasteiger partial charge in [-0.3, -0.25) is 0 Å². The van der Waals surface area contributed by atoms with Gasteiger partial charge in [0.25, 0.3) is 0 Å². The van der Waals surface area contributed by atoms with Crippen LogP contribution in [0.3, 0.4) is 0 Å². The van der Waals surface area contributed by atoms with Gasteiger partial charge in [-0.1, -0.05) is 29.8 Å². The second-order valence-corrected chi connectivity index (χ2v) is 6.03. The van der Waals surface area contributed by atoms with Gasteiger partial charge in [0, 0.05) is 17.1 Å². The molecule has 0 saturated carbocycles. The van der Waals surface area contributed by atoms with Crippen LogP contribution in [0.5, 0.6) is 0 Å². The predicted molar refractivity (Wildman–Crippen MR) is 90.5 cm³/mol. The molecule has 112 valence electrons. The van der Waals surface area contributed by atoms with Crippen molar-refractivity contribution in [2.75, 3.05) is 6.54 Å². The van der Waals surface area contributed by atoms with E-state index in [1.807, 2.05) is 42.6 Å². The minimum atomic E-state index is -0.241. The monoisotopic (exact) mass is 331 g/mol. The van der Waals surface area contributed by atoms with Crippen LogP contribution < -0.4 is 5.32 Å². The minimum absolute atomic E-state index is 0.241. The summed E-state index contributed by atoms with van der Waals surface area (Å²) in [5.74, 6) is 0.